The van der Waals surface area contributed by atoms with Gasteiger partial charge in [-0.2, -0.15) is 13.2 Å². The van der Waals surface area contributed by atoms with Gasteiger partial charge in [0.2, 0.25) is 0 Å². The third-order valence-corrected chi connectivity index (χ3v) is 6.24. The maximum Gasteiger partial charge on any atom is 0.416 e. The van der Waals surface area contributed by atoms with Crippen molar-refractivity contribution in [1.29, 1.82) is 0 Å². The van der Waals surface area contributed by atoms with Crippen molar-refractivity contribution in [3.63, 3.8) is 0 Å². The number of non-ortho nitro benzene ring substituents is 1. The summed E-state index contributed by atoms with van der Waals surface area (Å²) in [5, 5.41) is 10.2. The van der Waals surface area contributed by atoms with Gasteiger partial charge in [-0.05, 0) is 35.7 Å². The summed E-state index contributed by atoms with van der Waals surface area (Å²) in [6, 6.07) is 8.36. The highest BCUT2D eigenvalue weighted by Crippen LogP contribution is 2.43. The van der Waals surface area contributed by atoms with Crippen molar-refractivity contribution in [2.24, 2.45) is 5.92 Å². The van der Waals surface area contributed by atoms with Crippen molar-refractivity contribution < 1.29 is 32.4 Å². The monoisotopic (exact) mass is 482 g/mol. The molecule has 1 saturated heterocycles. The zero-order chi connectivity index (χ0) is 24.3. The van der Waals surface area contributed by atoms with Crippen LogP contribution in [0, 0.1) is 16.0 Å². The number of hydrogen-bond acceptors (Lipinski definition) is 6. The molecule has 1 amide bonds. The van der Waals surface area contributed by atoms with E-state index in [2.05, 4.69) is 0 Å². The standard InChI is InChI=1S/C22H21F3N2O5S/c1-13(2)11-32-21(29)18-12-33-20(15-3-7-16(8-4-15)22(23,24)25)26(18)19(28)14-5-9-17(10-6-14)27(30)31/h3-10,13,18,20H,11-12H2,1-2H3. The average molecular weight is 482 g/mol. The molecule has 7 nitrogen and oxygen atoms in total. The summed E-state index contributed by atoms with van der Waals surface area (Å²) < 4.78 is 44.2. The predicted octanol–water partition coefficient (Wildman–Crippen LogP) is 5.07. The van der Waals surface area contributed by atoms with Gasteiger partial charge in [0.1, 0.15) is 11.4 Å². The smallest absolute Gasteiger partial charge is 0.416 e. The molecule has 3 rings (SSSR count). The Labute approximate surface area is 192 Å². The Morgan fingerprint density at radius 2 is 1.76 bits per heavy atom. The fourth-order valence-corrected chi connectivity index (χ4v) is 4.66. The first-order valence-corrected chi connectivity index (χ1v) is 11.1. The number of carbonyl (C=O) groups excluding carboxylic acids is 2. The van der Waals surface area contributed by atoms with E-state index in [0.29, 0.717) is 5.56 Å². The van der Waals surface area contributed by atoms with Crippen molar-refractivity contribution in [1.82, 2.24) is 4.90 Å². The van der Waals surface area contributed by atoms with E-state index in [1.807, 2.05) is 13.8 Å². The Morgan fingerprint density at radius 1 is 1.15 bits per heavy atom. The van der Waals surface area contributed by atoms with E-state index in [1.54, 1.807) is 0 Å². The molecule has 2 aromatic rings. The number of thioether (sulfide) groups is 1. The van der Waals surface area contributed by atoms with Crippen molar-refractivity contribution in [2.45, 2.75) is 31.4 Å². The summed E-state index contributed by atoms with van der Waals surface area (Å²) in [7, 11) is 0. The fraction of sp³-hybridized carbons (Fsp3) is 0.364. The molecule has 0 aromatic heterocycles. The number of alkyl halides is 3. The van der Waals surface area contributed by atoms with Crippen LogP contribution in [0.15, 0.2) is 48.5 Å². The number of hydrogen-bond donors (Lipinski definition) is 0. The zero-order valence-electron chi connectivity index (χ0n) is 17.7. The molecule has 0 N–H and O–H groups in total. The first-order valence-electron chi connectivity index (χ1n) is 10.0. The van der Waals surface area contributed by atoms with Crippen LogP contribution < -0.4 is 0 Å². The number of halogens is 3. The number of benzene rings is 2. The molecular weight excluding hydrogens is 461 g/mol. The fourth-order valence-electron chi connectivity index (χ4n) is 3.25. The SMILES string of the molecule is CC(C)COC(=O)C1CSC(c2ccc(C(F)(F)F)cc2)N1C(=O)c1ccc([N+](=O)[O-])cc1. The van der Waals surface area contributed by atoms with Gasteiger partial charge in [-0.25, -0.2) is 4.79 Å². The van der Waals surface area contributed by atoms with Crippen LogP contribution in [0.2, 0.25) is 0 Å². The van der Waals surface area contributed by atoms with Gasteiger partial charge in [0, 0.05) is 23.4 Å². The number of nitro groups is 1. The topological polar surface area (TPSA) is 89.8 Å². The third kappa shape index (κ3) is 5.65. The number of amides is 1. The number of nitrogens with zero attached hydrogens (tertiary/aromatic N) is 2. The third-order valence-electron chi connectivity index (χ3n) is 4.91. The van der Waals surface area contributed by atoms with Gasteiger partial charge in [0.15, 0.2) is 0 Å². The summed E-state index contributed by atoms with van der Waals surface area (Å²) in [5.74, 6) is -0.916. The maximum absolute atomic E-state index is 13.3. The minimum atomic E-state index is -4.50. The molecule has 1 fully saturated rings. The molecule has 0 spiro atoms. The van der Waals surface area contributed by atoms with Crippen molar-refractivity contribution in [3.05, 3.63) is 75.3 Å². The predicted molar refractivity (Wildman–Crippen MR) is 115 cm³/mol. The summed E-state index contributed by atoms with van der Waals surface area (Å²) in [4.78, 5) is 37.7. The summed E-state index contributed by atoms with van der Waals surface area (Å²) in [6.45, 7) is 3.88. The molecule has 2 unspecified atom stereocenters. The van der Waals surface area contributed by atoms with E-state index in [9.17, 15) is 32.9 Å². The molecule has 33 heavy (non-hydrogen) atoms. The van der Waals surface area contributed by atoms with Crippen molar-refractivity contribution in [3.8, 4) is 0 Å². The second kappa shape index (κ2) is 9.82. The average Bonchev–Trinajstić information content (AvgIpc) is 3.21. The summed E-state index contributed by atoms with van der Waals surface area (Å²) >= 11 is 1.23. The second-order valence-electron chi connectivity index (χ2n) is 7.86. The minimum Gasteiger partial charge on any atom is -0.464 e. The molecule has 0 radical (unpaired) electrons. The molecule has 2 atom stereocenters. The first-order chi connectivity index (χ1) is 15.5. The Balaban J connectivity index is 1.94. The lowest BCUT2D eigenvalue weighted by molar-refractivity contribution is -0.384. The molecule has 176 valence electrons. The van der Waals surface area contributed by atoms with Gasteiger partial charge in [-0.15, -0.1) is 11.8 Å². The van der Waals surface area contributed by atoms with Crippen molar-refractivity contribution in [2.75, 3.05) is 12.4 Å². The van der Waals surface area contributed by atoms with Crippen LogP contribution in [0.5, 0.6) is 0 Å². The van der Waals surface area contributed by atoms with Gasteiger partial charge < -0.3 is 9.64 Å². The van der Waals surface area contributed by atoms with Gasteiger partial charge in [0.25, 0.3) is 11.6 Å². The number of rotatable bonds is 6. The highest BCUT2D eigenvalue weighted by Gasteiger charge is 2.44. The quantitative estimate of drug-likeness (QED) is 0.325. The van der Waals surface area contributed by atoms with Gasteiger partial charge >= 0.3 is 12.1 Å². The lowest BCUT2D eigenvalue weighted by Crippen LogP contribution is -2.44. The van der Waals surface area contributed by atoms with E-state index in [4.69, 9.17) is 4.74 Å². The Kier molecular flexibility index (Phi) is 7.31. The molecule has 0 bridgehead atoms. The van der Waals surface area contributed by atoms with Gasteiger partial charge in [-0.1, -0.05) is 26.0 Å². The normalized spacial score (nSPS) is 18.4. The van der Waals surface area contributed by atoms with Crippen LogP contribution in [0.3, 0.4) is 0 Å². The van der Waals surface area contributed by atoms with Crippen LogP contribution in [-0.4, -0.2) is 40.1 Å². The molecule has 1 heterocycles. The van der Waals surface area contributed by atoms with Crippen molar-refractivity contribution >= 4 is 29.3 Å². The van der Waals surface area contributed by atoms with Crippen LogP contribution in [0.25, 0.3) is 0 Å². The van der Waals surface area contributed by atoms with E-state index >= 15 is 0 Å². The Bertz CT molecular complexity index is 1030. The number of nitro benzene ring substituents is 1. The molecule has 0 saturated carbocycles. The lowest BCUT2D eigenvalue weighted by Gasteiger charge is -2.29. The molecule has 1 aliphatic rings. The first kappa shape index (κ1) is 24.6. The second-order valence-corrected chi connectivity index (χ2v) is 8.97. The van der Waals surface area contributed by atoms with E-state index < -0.39 is 40.0 Å². The maximum atomic E-state index is 13.3. The highest BCUT2D eigenvalue weighted by atomic mass is 32.2. The largest absolute Gasteiger partial charge is 0.464 e. The summed E-state index contributed by atoms with van der Waals surface area (Å²) in [6.07, 6.45) is -4.50. The number of carbonyl (C=O) groups is 2. The van der Waals surface area contributed by atoms with E-state index in [0.717, 1.165) is 12.1 Å². The van der Waals surface area contributed by atoms with E-state index in [-0.39, 0.29) is 29.5 Å². The van der Waals surface area contributed by atoms with Crippen LogP contribution in [-0.2, 0) is 15.7 Å². The lowest BCUT2D eigenvalue weighted by atomic mass is 10.1. The van der Waals surface area contributed by atoms with Crippen LogP contribution in [0.1, 0.15) is 40.7 Å². The van der Waals surface area contributed by atoms with Gasteiger partial charge in [-0.3, -0.25) is 14.9 Å². The Morgan fingerprint density at radius 3 is 2.27 bits per heavy atom. The molecule has 1 aliphatic heterocycles. The zero-order valence-corrected chi connectivity index (χ0v) is 18.6. The Hall–Kier alpha value is -3.08. The highest BCUT2D eigenvalue weighted by molar-refractivity contribution is 7.99. The number of ether oxygens (including phenoxy) is 1. The number of esters is 1. The van der Waals surface area contributed by atoms with Crippen LogP contribution >= 0.6 is 11.8 Å². The van der Waals surface area contributed by atoms with Crippen LogP contribution in [0.4, 0.5) is 18.9 Å². The molecule has 11 heteroatoms. The van der Waals surface area contributed by atoms with Gasteiger partial charge in [0.05, 0.1) is 17.1 Å². The molecular formula is C22H21F3N2O5S. The molecule has 2 aromatic carbocycles. The molecule has 0 aliphatic carbocycles. The van der Waals surface area contributed by atoms with E-state index in [1.165, 1.54) is 53.1 Å². The summed E-state index contributed by atoms with van der Waals surface area (Å²) in [5.41, 5.74) is -0.492. The minimum absolute atomic E-state index is 0.0764.